The van der Waals surface area contributed by atoms with Crippen LogP contribution < -0.4 is 14.8 Å². The van der Waals surface area contributed by atoms with Gasteiger partial charge in [-0.2, -0.15) is 5.26 Å². The standard InChI is InChI=1S/C23H21N3O3/c24-10-2-1-3-17-11-15-12-18(5-6-19(15)25-17)26-22(27)23(8-9-23)16-4-7-20-21(13-16)29-14-28-20/h4-7,11-13,25H,1-3,8-9,14H2,(H,26,27). The molecular weight excluding hydrogens is 366 g/mol. The number of nitrogens with one attached hydrogen (secondary N) is 2. The van der Waals surface area contributed by atoms with Gasteiger partial charge in [-0.05, 0) is 67.6 Å². The molecule has 29 heavy (non-hydrogen) atoms. The highest BCUT2D eigenvalue weighted by molar-refractivity contribution is 6.02. The van der Waals surface area contributed by atoms with Gasteiger partial charge in [0.1, 0.15) is 0 Å². The number of amides is 1. The van der Waals surface area contributed by atoms with E-state index < -0.39 is 5.41 Å². The fourth-order valence-corrected chi connectivity index (χ4v) is 3.98. The summed E-state index contributed by atoms with van der Waals surface area (Å²) in [6.45, 7) is 0.229. The van der Waals surface area contributed by atoms with E-state index in [0.29, 0.717) is 12.2 Å². The predicted molar refractivity (Wildman–Crippen MR) is 109 cm³/mol. The van der Waals surface area contributed by atoms with Crippen LogP contribution in [0, 0.1) is 11.3 Å². The van der Waals surface area contributed by atoms with E-state index in [1.54, 1.807) is 0 Å². The second-order valence-corrected chi connectivity index (χ2v) is 7.71. The average Bonchev–Trinajstić information content (AvgIpc) is 3.23. The number of nitriles is 1. The van der Waals surface area contributed by atoms with E-state index >= 15 is 0 Å². The first-order valence-corrected chi connectivity index (χ1v) is 9.88. The molecule has 0 bridgehead atoms. The van der Waals surface area contributed by atoms with Crippen molar-refractivity contribution < 1.29 is 14.3 Å². The molecule has 2 aromatic carbocycles. The molecule has 0 radical (unpaired) electrons. The van der Waals surface area contributed by atoms with Crippen LogP contribution in [0.4, 0.5) is 5.69 Å². The summed E-state index contributed by atoms with van der Waals surface area (Å²) in [4.78, 5) is 16.5. The number of H-pyrrole nitrogens is 1. The van der Waals surface area contributed by atoms with Crippen LogP contribution in [0.2, 0.25) is 0 Å². The quantitative estimate of drug-likeness (QED) is 0.613. The van der Waals surface area contributed by atoms with Crippen molar-refractivity contribution in [3.05, 3.63) is 53.7 Å². The van der Waals surface area contributed by atoms with E-state index in [1.165, 1.54) is 0 Å². The van der Waals surface area contributed by atoms with E-state index in [2.05, 4.69) is 22.4 Å². The molecule has 6 nitrogen and oxygen atoms in total. The normalized spacial score (nSPS) is 15.8. The molecule has 1 fully saturated rings. The fourth-order valence-electron chi connectivity index (χ4n) is 3.98. The molecule has 0 saturated heterocycles. The molecule has 1 amide bonds. The summed E-state index contributed by atoms with van der Waals surface area (Å²) in [6.07, 6.45) is 3.89. The lowest BCUT2D eigenvalue weighted by atomic mass is 9.94. The number of anilines is 1. The largest absolute Gasteiger partial charge is 0.454 e. The van der Waals surface area contributed by atoms with E-state index in [0.717, 1.165) is 59.3 Å². The molecule has 5 rings (SSSR count). The van der Waals surface area contributed by atoms with Crippen LogP contribution in [0.3, 0.4) is 0 Å². The number of benzene rings is 2. The molecule has 6 heteroatoms. The van der Waals surface area contributed by atoms with Gasteiger partial charge < -0.3 is 19.8 Å². The number of hydrogen-bond acceptors (Lipinski definition) is 4. The zero-order chi connectivity index (χ0) is 19.8. The summed E-state index contributed by atoms with van der Waals surface area (Å²) in [5, 5.41) is 12.8. The first-order chi connectivity index (χ1) is 14.2. The number of ether oxygens (including phenoxy) is 2. The van der Waals surface area contributed by atoms with Gasteiger partial charge in [0, 0.05) is 28.7 Å². The van der Waals surface area contributed by atoms with Crippen LogP contribution in [0.1, 0.15) is 36.9 Å². The Morgan fingerprint density at radius 3 is 2.83 bits per heavy atom. The first-order valence-electron chi connectivity index (χ1n) is 9.88. The van der Waals surface area contributed by atoms with E-state index in [-0.39, 0.29) is 12.7 Å². The molecule has 1 aliphatic carbocycles. The molecule has 2 heterocycles. The predicted octanol–water partition coefficient (Wildman–Crippen LogP) is 4.41. The van der Waals surface area contributed by atoms with Gasteiger partial charge in [-0.3, -0.25) is 4.79 Å². The van der Waals surface area contributed by atoms with Gasteiger partial charge in [0.25, 0.3) is 0 Å². The number of rotatable bonds is 6. The van der Waals surface area contributed by atoms with Gasteiger partial charge >= 0.3 is 0 Å². The van der Waals surface area contributed by atoms with Gasteiger partial charge in [-0.1, -0.05) is 6.07 Å². The molecule has 0 unspecified atom stereocenters. The Hall–Kier alpha value is -3.46. The van der Waals surface area contributed by atoms with Crippen molar-refractivity contribution in [1.82, 2.24) is 4.98 Å². The van der Waals surface area contributed by atoms with Crippen molar-refractivity contribution in [2.75, 3.05) is 12.1 Å². The van der Waals surface area contributed by atoms with Crippen molar-refractivity contribution >= 4 is 22.5 Å². The summed E-state index contributed by atoms with van der Waals surface area (Å²) in [5.41, 5.74) is 3.42. The number of hydrogen-bond donors (Lipinski definition) is 2. The maximum absolute atomic E-state index is 13.1. The highest BCUT2D eigenvalue weighted by Crippen LogP contribution is 2.51. The molecule has 1 saturated carbocycles. The number of aryl methyl sites for hydroxylation is 1. The molecule has 1 aliphatic heterocycles. The third kappa shape index (κ3) is 3.19. The molecule has 146 valence electrons. The average molecular weight is 387 g/mol. The molecule has 0 atom stereocenters. The molecule has 3 aromatic rings. The number of fused-ring (bicyclic) bond motifs is 2. The number of aromatic nitrogens is 1. The van der Waals surface area contributed by atoms with Crippen molar-refractivity contribution in [3.8, 4) is 17.6 Å². The monoisotopic (exact) mass is 387 g/mol. The van der Waals surface area contributed by atoms with Crippen molar-refractivity contribution in [3.63, 3.8) is 0 Å². The maximum Gasteiger partial charge on any atom is 0.235 e. The number of aromatic amines is 1. The lowest BCUT2D eigenvalue weighted by molar-refractivity contribution is -0.118. The van der Waals surface area contributed by atoms with Crippen LogP contribution in [0.25, 0.3) is 10.9 Å². The summed E-state index contributed by atoms with van der Waals surface area (Å²) in [7, 11) is 0. The Labute approximate surface area is 168 Å². The summed E-state index contributed by atoms with van der Waals surface area (Å²) < 4.78 is 10.8. The second kappa shape index (κ2) is 6.85. The zero-order valence-corrected chi connectivity index (χ0v) is 16.0. The summed E-state index contributed by atoms with van der Waals surface area (Å²) in [6, 6.07) is 15.9. The Bertz CT molecular complexity index is 1140. The Kier molecular flexibility index (Phi) is 4.17. The number of carbonyl (C=O) groups excluding carboxylic acids is 1. The van der Waals surface area contributed by atoms with Gasteiger partial charge in [0.15, 0.2) is 11.5 Å². The molecule has 2 N–H and O–H groups in total. The Balaban J connectivity index is 1.33. The minimum atomic E-state index is -0.490. The van der Waals surface area contributed by atoms with Crippen LogP contribution in [0.5, 0.6) is 11.5 Å². The topological polar surface area (TPSA) is 87.1 Å². The van der Waals surface area contributed by atoms with Crippen LogP contribution in [-0.4, -0.2) is 17.7 Å². The lowest BCUT2D eigenvalue weighted by Crippen LogP contribution is -2.27. The van der Waals surface area contributed by atoms with Gasteiger partial charge in [-0.25, -0.2) is 0 Å². The van der Waals surface area contributed by atoms with Crippen LogP contribution in [0.15, 0.2) is 42.5 Å². The highest BCUT2D eigenvalue weighted by Gasteiger charge is 2.51. The summed E-state index contributed by atoms with van der Waals surface area (Å²) >= 11 is 0. The van der Waals surface area contributed by atoms with Crippen molar-refractivity contribution in [1.29, 1.82) is 5.26 Å². The minimum absolute atomic E-state index is 0.0143. The Morgan fingerprint density at radius 2 is 2.00 bits per heavy atom. The Morgan fingerprint density at radius 1 is 1.14 bits per heavy atom. The third-order valence-electron chi connectivity index (χ3n) is 5.78. The first kappa shape index (κ1) is 17.6. The second-order valence-electron chi connectivity index (χ2n) is 7.71. The van der Waals surface area contributed by atoms with Crippen LogP contribution in [-0.2, 0) is 16.6 Å². The number of carbonyl (C=O) groups is 1. The van der Waals surface area contributed by atoms with Crippen LogP contribution >= 0.6 is 0 Å². The van der Waals surface area contributed by atoms with Crippen molar-refractivity contribution in [2.24, 2.45) is 0 Å². The highest BCUT2D eigenvalue weighted by atomic mass is 16.7. The minimum Gasteiger partial charge on any atom is -0.454 e. The fraction of sp³-hybridized carbons (Fsp3) is 0.304. The summed E-state index contributed by atoms with van der Waals surface area (Å²) in [5.74, 6) is 1.45. The maximum atomic E-state index is 13.1. The van der Waals surface area contributed by atoms with Gasteiger partial charge in [-0.15, -0.1) is 0 Å². The molecule has 0 spiro atoms. The zero-order valence-electron chi connectivity index (χ0n) is 16.0. The van der Waals surface area contributed by atoms with Crippen molar-refractivity contribution in [2.45, 2.75) is 37.5 Å². The number of unbranched alkanes of at least 4 members (excludes halogenated alkanes) is 1. The van der Waals surface area contributed by atoms with Gasteiger partial charge in [0.2, 0.25) is 12.7 Å². The molecule has 2 aliphatic rings. The molecule has 1 aromatic heterocycles. The van der Waals surface area contributed by atoms with E-state index in [9.17, 15) is 4.79 Å². The third-order valence-corrected chi connectivity index (χ3v) is 5.78. The number of nitrogens with zero attached hydrogens (tertiary/aromatic N) is 1. The smallest absolute Gasteiger partial charge is 0.235 e. The van der Waals surface area contributed by atoms with E-state index in [4.69, 9.17) is 14.7 Å². The SMILES string of the molecule is N#CCCCc1cc2cc(NC(=O)C3(c4ccc5c(c4)OCO5)CC3)ccc2[nH]1. The molecular formula is C23H21N3O3. The lowest BCUT2D eigenvalue weighted by Gasteiger charge is -2.16. The van der Waals surface area contributed by atoms with E-state index in [1.807, 2.05) is 36.4 Å². The van der Waals surface area contributed by atoms with Gasteiger partial charge in [0.05, 0.1) is 11.5 Å².